The Labute approximate surface area is 301 Å². The fourth-order valence-corrected chi connectivity index (χ4v) is 10.3. The van der Waals surface area contributed by atoms with Gasteiger partial charge in [-0.3, -0.25) is 19.2 Å². The molecule has 4 aromatic rings. The lowest BCUT2D eigenvalue weighted by Crippen LogP contribution is -2.49. The van der Waals surface area contributed by atoms with Crippen molar-refractivity contribution >= 4 is 66.6 Å². The fourth-order valence-electron chi connectivity index (χ4n) is 7.87. The Balaban J connectivity index is 0.896. The van der Waals surface area contributed by atoms with Crippen molar-refractivity contribution in [2.75, 3.05) is 47.6 Å². The van der Waals surface area contributed by atoms with Crippen LogP contribution in [0.15, 0.2) is 24.3 Å². The summed E-state index contributed by atoms with van der Waals surface area (Å²) >= 11 is 2.79. The lowest BCUT2D eigenvalue weighted by Gasteiger charge is -2.41. The molecule has 2 aromatic carbocycles. The summed E-state index contributed by atoms with van der Waals surface area (Å²) in [6.07, 6.45) is 4.22. The van der Waals surface area contributed by atoms with Crippen molar-refractivity contribution in [2.45, 2.75) is 51.6 Å². The van der Waals surface area contributed by atoms with Crippen molar-refractivity contribution in [1.82, 2.24) is 9.80 Å². The summed E-state index contributed by atoms with van der Waals surface area (Å²) in [6.45, 7) is 1.41. The Kier molecular flexibility index (Phi) is 8.29. The van der Waals surface area contributed by atoms with Gasteiger partial charge in [0.05, 0.1) is 41.9 Å². The number of esters is 1. The summed E-state index contributed by atoms with van der Waals surface area (Å²) in [5.74, 6) is 0.788. The van der Waals surface area contributed by atoms with Crippen LogP contribution in [0.25, 0.3) is 20.2 Å². The minimum absolute atomic E-state index is 0.0229. The Morgan fingerprint density at radius 1 is 0.706 bits per heavy atom. The van der Waals surface area contributed by atoms with Gasteiger partial charge in [0, 0.05) is 69.6 Å². The van der Waals surface area contributed by atoms with E-state index in [4.69, 9.17) is 23.7 Å². The normalized spacial score (nSPS) is 18.3. The molecule has 8 rings (SSSR count). The van der Waals surface area contributed by atoms with Crippen molar-refractivity contribution in [2.24, 2.45) is 10.8 Å². The van der Waals surface area contributed by atoms with Crippen LogP contribution in [0.3, 0.4) is 0 Å². The van der Waals surface area contributed by atoms with Crippen molar-refractivity contribution in [1.29, 1.82) is 0 Å². The SMILES string of the molecule is COc1cc2sc3c(c2cc1OC)CN(CC1(C(=O)OCCOc2cc4sc5c(c4cc2OC)CN(CC2(C(=O)O)CCC2)C5=O)CCC1)C3=O. The second-order valence-electron chi connectivity index (χ2n) is 13.9. The number of carboxylic acids is 1. The number of carboxylic acid groups (broad SMARTS) is 1. The molecule has 12 nitrogen and oxygen atoms in total. The van der Waals surface area contributed by atoms with E-state index >= 15 is 0 Å². The number of aliphatic carboxylic acids is 1. The maximum atomic E-state index is 13.5. The largest absolute Gasteiger partial charge is 0.493 e. The third-order valence-electron chi connectivity index (χ3n) is 11.1. The number of methoxy groups -OCH3 is 3. The van der Waals surface area contributed by atoms with Crippen LogP contribution < -0.4 is 18.9 Å². The summed E-state index contributed by atoms with van der Waals surface area (Å²) in [5.41, 5.74) is 0.224. The van der Waals surface area contributed by atoms with E-state index in [0.717, 1.165) is 44.1 Å². The maximum absolute atomic E-state index is 13.5. The van der Waals surface area contributed by atoms with Gasteiger partial charge in [-0.25, -0.2) is 0 Å². The third-order valence-corrected chi connectivity index (χ3v) is 13.5. The van der Waals surface area contributed by atoms with Gasteiger partial charge in [0.15, 0.2) is 23.0 Å². The molecule has 0 saturated heterocycles. The molecule has 0 radical (unpaired) electrons. The van der Waals surface area contributed by atoms with Crippen LogP contribution in [0, 0.1) is 10.8 Å². The molecule has 2 aliphatic carbocycles. The lowest BCUT2D eigenvalue weighted by molar-refractivity contribution is -0.163. The Hall–Kier alpha value is -4.56. The molecule has 14 heteroatoms. The minimum Gasteiger partial charge on any atom is -0.493 e. The van der Waals surface area contributed by atoms with Crippen molar-refractivity contribution in [3.05, 3.63) is 45.1 Å². The molecule has 1 N–H and O–H groups in total. The first kappa shape index (κ1) is 33.6. The topological polar surface area (TPSA) is 141 Å². The summed E-state index contributed by atoms with van der Waals surface area (Å²) in [4.78, 5) is 56.9. The van der Waals surface area contributed by atoms with Gasteiger partial charge in [0.1, 0.15) is 13.2 Å². The Morgan fingerprint density at radius 3 is 1.65 bits per heavy atom. The number of amides is 2. The van der Waals surface area contributed by atoms with Crippen molar-refractivity contribution in [3.8, 4) is 23.0 Å². The van der Waals surface area contributed by atoms with Crippen molar-refractivity contribution in [3.63, 3.8) is 0 Å². The van der Waals surface area contributed by atoms with Crippen LogP contribution in [-0.4, -0.2) is 86.3 Å². The van der Waals surface area contributed by atoms with Crippen LogP contribution in [0.5, 0.6) is 23.0 Å². The number of fused-ring (bicyclic) bond motifs is 6. The molecule has 2 aliphatic heterocycles. The number of ether oxygens (including phenoxy) is 5. The number of hydrogen-bond donors (Lipinski definition) is 1. The van der Waals surface area contributed by atoms with Crippen LogP contribution in [-0.2, 0) is 27.4 Å². The zero-order chi connectivity index (χ0) is 35.7. The minimum atomic E-state index is -0.848. The van der Waals surface area contributed by atoms with E-state index in [0.29, 0.717) is 78.1 Å². The highest BCUT2D eigenvalue weighted by Gasteiger charge is 2.50. The number of benzene rings is 2. The van der Waals surface area contributed by atoms with E-state index < -0.39 is 16.8 Å². The molecule has 0 spiro atoms. The summed E-state index contributed by atoms with van der Waals surface area (Å²) in [7, 11) is 4.71. The zero-order valence-electron chi connectivity index (χ0n) is 28.6. The smallest absolute Gasteiger partial charge is 0.314 e. The van der Waals surface area contributed by atoms with Gasteiger partial charge in [-0.15, -0.1) is 22.7 Å². The predicted molar refractivity (Wildman–Crippen MR) is 189 cm³/mol. The van der Waals surface area contributed by atoms with Gasteiger partial charge in [0.25, 0.3) is 11.8 Å². The molecule has 2 fully saturated rings. The quantitative estimate of drug-likeness (QED) is 0.127. The van der Waals surface area contributed by atoms with E-state index in [1.807, 2.05) is 24.3 Å². The number of hydrogen-bond acceptors (Lipinski definition) is 11. The van der Waals surface area contributed by atoms with E-state index in [1.165, 1.54) is 22.7 Å². The summed E-state index contributed by atoms with van der Waals surface area (Å²) in [5, 5.41) is 11.6. The first-order valence-corrected chi connectivity index (χ1v) is 18.7. The Morgan fingerprint density at radius 2 is 1.18 bits per heavy atom. The predicted octanol–water partition coefficient (Wildman–Crippen LogP) is 6.10. The molecule has 4 aliphatic rings. The van der Waals surface area contributed by atoms with Crippen LogP contribution in [0.2, 0.25) is 0 Å². The number of carbonyl (C=O) groups excluding carboxylic acids is 3. The van der Waals surface area contributed by atoms with E-state index in [9.17, 15) is 24.3 Å². The molecule has 0 unspecified atom stereocenters. The lowest BCUT2D eigenvalue weighted by atomic mass is 9.68. The molecule has 0 bridgehead atoms. The summed E-state index contributed by atoms with van der Waals surface area (Å²) in [6, 6.07) is 7.49. The van der Waals surface area contributed by atoms with Gasteiger partial charge in [-0.05, 0) is 37.8 Å². The van der Waals surface area contributed by atoms with Gasteiger partial charge in [-0.1, -0.05) is 12.8 Å². The molecular weight excluding hydrogens is 697 g/mol. The van der Waals surface area contributed by atoms with E-state index in [2.05, 4.69) is 0 Å². The highest BCUT2D eigenvalue weighted by molar-refractivity contribution is 7.21. The molecule has 268 valence electrons. The first-order chi connectivity index (χ1) is 24.6. The monoisotopic (exact) mass is 734 g/mol. The summed E-state index contributed by atoms with van der Waals surface area (Å²) < 4.78 is 30.2. The van der Waals surface area contributed by atoms with Gasteiger partial charge >= 0.3 is 11.9 Å². The number of nitrogens with zero attached hydrogens (tertiary/aromatic N) is 2. The molecule has 0 atom stereocenters. The molecule has 4 heterocycles. The molecule has 2 saturated carbocycles. The second-order valence-corrected chi connectivity index (χ2v) is 16.0. The van der Waals surface area contributed by atoms with E-state index in [-0.39, 0.29) is 37.5 Å². The van der Waals surface area contributed by atoms with Gasteiger partial charge in [-0.2, -0.15) is 0 Å². The van der Waals surface area contributed by atoms with Gasteiger partial charge in [0.2, 0.25) is 0 Å². The maximum Gasteiger partial charge on any atom is 0.314 e. The average molecular weight is 735 g/mol. The highest BCUT2D eigenvalue weighted by Crippen LogP contribution is 2.48. The zero-order valence-corrected chi connectivity index (χ0v) is 30.3. The number of rotatable bonds is 13. The second kappa shape index (κ2) is 12.6. The number of thiophene rings is 2. The van der Waals surface area contributed by atoms with Crippen LogP contribution >= 0.6 is 22.7 Å². The molecule has 2 amide bonds. The van der Waals surface area contributed by atoms with E-state index in [1.54, 1.807) is 31.1 Å². The standard InChI is InChI=1S/C37H38N2O10S2/c1-45-24-12-20-23-17-39(33(41)31(23)50-28(20)14-26(24)47-3)19-37(8-5-9-37)35(44)49-11-10-48-27-15-29-21(13-25(27)46-2)22-16-38(32(40)30(22)51-29)18-36(34(42)43)6-4-7-36/h12-15H,4-11,16-19H2,1-3H3,(H,42,43). The third kappa shape index (κ3) is 5.36. The van der Waals surface area contributed by atoms with Crippen molar-refractivity contribution < 1.29 is 48.0 Å². The number of carbonyl (C=O) groups is 4. The fraction of sp³-hybridized carbons (Fsp3) is 0.459. The highest BCUT2D eigenvalue weighted by atomic mass is 32.1. The molecular formula is C37H38N2O10S2. The van der Waals surface area contributed by atoms with Crippen LogP contribution in [0.4, 0.5) is 0 Å². The first-order valence-electron chi connectivity index (χ1n) is 17.0. The Bertz CT molecular complexity index is 2110. The van der Waals surface area contributed by atoms with Gasteiger partial charge < -0.3 is 38.6 Å². The molecule has 51 heavy (non-hydrogen) atoms. The average Bonchev–Trinajstić information content (AvgIpc) is 3.80. The van der Waals surface area contributed by atoms with Crippen LogP contribution in [0.1, 0.15) is 69.0 Å². The molecule has 2 aromatic heterocycles.